The summed E-state index contributed by atoms with van der Waals surface area (Å²) in [4.78, 5) is 24.5. The van der Waals surface area contributed by atoms with Gasteiger partial charge in [-0.15, -0.1) is 11.3 Å². The van der Waals surface area contributed by atoms with Crippen LogP contribution in [0, 0.1) is 6.92 Å². The van der Waals surface area contributed by atoms with E-state index >= 15 is 0 Å². The molecule has 3 aromatic rings. The Hall–Kier alpha value is -2.77. The summed E-state index contributed by atoms with van der Waals surface area (Å²) in [5.41, 5.74) is 2.42. The van der Waals surface area contributed by atoms with E-state index in [1.54, 1.807) is 6.20 Å². The van der Waals surface area contributed by atoms with Crippen molar-refractivity contribution < 1.29 is 9.53 Å². The largest absolute Gasteiger partial charge is 0.378 e. The summed E-state index contributed by atoms with van der Waals surface area (Å²) in [6.07, 6.45) is 1.69. The number of benzene rings is 1. The second-order valence-corrected chi connectivity index (χ2v) is 7.26. The number of aryl methyl sites for hydroxylation is 1. The van der Waals surface area contributed by atoms with Crippen LogP contribution in [0.5, 0.6) is 0 Å². The summed E-state index contributed by atoms with van der Waals surface area (Å²) in [6.45, 7) is 4.96. The Morgan fingerprint density at radius 2 is 1.93 bits per heavy atom. The Bertz CT molecular complexity index is 919. The molecule has 4 rings (SSSR count). The molecule has 6 nitrogen and oxygen atoms in total. The van der Waals surface area contributed by atoms with Gasteiger partial charge >= 0.3 is 0 Å². The number of hydrogen-bond acceptors (Lipinski definition) is 6. The van der Waals surface area contributed by atoms with E-state index in [0.717, 1.165) is 35.2 Å². The molecule has 0 aliphatic carbocycles. The van der Waals surface area contributed by atoms with E-state index < -0.39 is 0 Å². The van der Waals surface area contributed by atoms with Crippen molar-refractivity contribution in [3.63, 3.8) is 0 Å². The number of amides is 1. The molecule has 7 heteroatoms. The van der Waals surface area contributed by atoms with Gasteiger partial charge < -0.3 is 15.0 Å². The van der Waals surface area contributed by atoms with Gasteiger partial charge in [0.05, 0.1) is 30.8 Å². The Morgan fingerprint density at radius 3 is 2.63 bits per heavy atom. The second-order valence-electron chi connectivity index (χ2n) is 6.26. The lowest BCUT2D eigenvalue weighted by Gasteiger charge is -2.27. The number of aromatic nitrogens is 2. The molecule has 1 N–H and O–H groups in total. The van der Waals surface area contributed by atoms with Gasteiger partial charge in [-0.05, 0) is 19.1 Å². The van der Waals surface area contributed by atoms with Gasteiger partial charge in [0.15, 0.2) is 0 Å². The molecule has 1 saturated heterocycles. The van der Waals surface area contributed by atoms with Gasteiger partial charge in [0.25, 0.3) is 5.91 Å². The number of pyridine rings is 1. The third kappa shape index (κ3) is 3.99. The normalized spacial score (nSPS) is 14.2. The molecule has 1 fully saturated rings. The third-order valence-corrected chi connectivity index (χ3v) is 5.57. The fourth-order valence-electron chi connectivity index (χ4n) is 2.94. The molecule has 2 aromatic heterocycles. The number of thiazole rings is 1. The van der Waals surface area contributed by atoms with Crippen LogP contribution in [-0.2, 0) is 4.74 Å². The number of anilines is 2. The molecule has 0 saturated carbocycles. The average molecular weight is 380 g/mol. The number of rotatable bonds is 4. The lowest BCUT2D eigenvalue weighted by Crippen LogP contribution is -2.36. The first-order chi connectivity index (χ1) is 13.2. The molecule has 1 aromatic carbocycles. The van der Waals surface area contributed by atoms with Crippen LogP contribution in [0.1, 0.15) is 15.4 Å². The van der Waals surface area contributed by atoms with Crippen LogP contribution < -0.4 is 10.2 Å². The third-order valence-electron chi connectivity index (χ3n) is 4.36. The van der Waals surface area contributed by atoms with Crippen molar-refractivity contribution in [3.8, 4) is 10.6 Å². The molecule has 0 unspecified atom stereocenters. The van der Waals surface area contributed by atoms with Gasteiger partial charge in [0.2, 0.25) is 0 Å². The fraction of sp³-hybridized carbons (Fsp3) is 0.250. The molecule has 0 atom stereocenters. The summed E-state index contributed by atoms with van der Waals surface area (Å²) >= 11 is 1.40. The number of carbonyl (C=O) groups excluding carboxylic acids is 1. The van der Waals surface area contributed by atoms with E-state index in [2.05, 4.69) is 20.2 Å². The maximum atomic E-state index is 12.7. The highest BCUT2D eigenvalue weighted by molar-refractivity contribution is 7.17. The van der Waals surface area contributed by atoms with Crippen molar-refractivity contribution in [1.29, 1.82) is 0 Å². The van der Waals surface area contributed by atoms with Crippen molar-refractivity contribution >= 4 is 28.7 Å². The monoisotopic (exact) mass is 380 g/mol. The molecule has 0 bridgehead atoms. The highest BCUT2D eigenvalue weighted by Gasteiger charge is 2.17. The molecular formula is C20H20N4O2S. The first-order valence-corrected chi connectivity index (χ1v) is 9.65. The summed E-state index contributed by atoms with van der Waals surface area (Å²) in [5.74, 6) is 0.740. The summed E-state index contributed by atoms with van der Waals surface area (Å²) in [6, 6.07) is 13.7. The Morgan fingerprint density at radius 1 is 1.15 bits per heavy atom. The van der Waals surface area contributed by atoms with E-state index in [9.17, 15) is 4.79 Å². The molecule has 0 radical (unpaired) electrons. The van der Waals surface area contributed by atoms with Crippen LogP contribution in [0.2, 0.25) is 0 Å². The predicted octanol–water partition coefficient (Wildman–Crippen LogP) is 3.60. The molecule has 0 spiro atoms. The minimum atomic E-state index is -0.159. The molecule has 1 amide bonds. The van der Waals surface area contributed by atoms with Gasteiger partial charge in [-0.25, -0.2) is 9.97 Å². The molecular weight excluding hydrogens is 360 g/mol. The summed E-state index contributed by atoms with van der Waals surface area (Å²) in [7, 11) is 0. The minimum absolute atomic E-state index is 0.159. The molecule has 1 aliphatic rings. The molecule has 1 aliphatic heterocycles. The number of hydrogen-bond donors (Lipinski definition) is 1. The maximum absolute atomic E-state index is 12.7. The lowest BCUT2D eigenvalue weighted by molar-refractivity contribution is 0.103. The minimum Gasteiger partial charge on any atom is -0.378 e. The highest BCUT2D eigenvalue weighted by Crippen LogP contribution is 2.28. The van der Waals surface area contributed by atoms with Crippen molar-refractivity contribution in [2.24, 2.45) is 0 Å². The Labute approximate surface area is 161 Å². The van der Waals surface area contributed by atoms with Crippen molar-refractivity contribution in [1.82, 2.24) is 9.97 Å². The highest BCUT2D eigenvalue weighted by atomic mass is 32.1. The van der Waals surface area contributed by atoms with Crippen LogP contribution in [0.4, 0.5) is 11.5 Å². The average Bonchev–Trinajstić information content (AvgIpc) is 3.12. The maximum Gasteiger partial charge on any atom is 0.267 e. The van der Waals surface area contributed by atoms with Gasteiger partial charge in [-0.3, -0.25) is 4.79 Å². The smallest absolute Gasteiger partial charge is 0.267 e. The summed E-state index contributed by atoms with van der Waals surface area (Å²) in [5, 5.41) is 3.77. The molecule has 138 valence electrons. The number of ether oxygens (including phenoxy) is 1. The van der Waals surface area contributed by atoms with Crippen LogP contribution in [0.25, 0.3) is 10.6 Å². The van der Waals surface area contributed by atoms with E-state index in [-0.39, 0.29) is 5.91 Å². The van der Waals surface area contributed by atoms with Crippen molar-refractivity contribution in [3.05, 3.63) is 59.2 Å². The van der Waals surface area contributed by atoms with E-state index in [4.69, 9.17) is 4.74 Å². The number of morpholine rings is 1. The quantitative estimate of drug-likeness (QED) is 0.749. The SMILES string of the molecule is Cc1nc(-c2ccccc2)sc1C(=O)Nc1ccc(N2CCOCC2)nc1. The lowest BCUT2D eigenvalue weighted by atomic mass is 10.2. The topological polar surface area (TPSA) is 67.4 Å². The van der Waals surface area contributed by atoms with Crippen LogP contribution >= 0.6 is 11.3 Å². The predicted molar refractivity (Wildman–Crippen MR) is 108 cm³/mol. The summed E-state index contributed by atoms with van der Waals surface area (Å²) < 4.78 is 5.36. The zero-order chi connectivity index (χ0) is 18.6. The number of carbonyl (C=O) groups is 1. The van der Waals surface area contributed by atoms with E-state index in [0.29, 0.717) is 23.8 Å². The second kappa shape index (κ2) is 7.85. The van der Waals surface area contributed by atoms with Crippen LogP contribution in [-0.4, -0.2) is 42.2 Å². The zero-order valence-electron chi connectivity index (χ0n) is 15.0. The standard InChI is InChI=1S/C20H20N4O2S/c1-14-18(27-20(22-14)15-5-3-2-4-6-15)19(25)23-16-7-8-17(21-13-16)24-9-11-26-12-10-24/h2-8,13H,9-12H2,1H3,(H,23,25). The first kappa shape index (κ1) is 17.6. The molecule has 3 heterocycles. The van der Waals surface area contributed by atoms with E-state index in [1.807, 2.05) is 49.4 Å². The van der Waals surface area contributed by atoms with Crippen LogP contribution in [0.15, 0.2) is 48.7 Å². The van der Waals surface area contributed by atoms with Gasteiger partial charge in [0.1, 0.15) is 15.7 Å². The Kier molecular flexibility index (Phi) is 5.13. The fourth-order valence-corrected chi connectivity index (χ4v) is 3.91. The first-order valence-electron chi connectivity index (χ1n) is 8.83. The van der Waals surface area contributed by atoms with Gasteiger partial charge in [0, 0.05) is 18.7 Å². The number of nitrogens with one attached hydrogen (secondary N) is 1. The van der Waals surface area contributed by atoms with Crippen LogP contribution in [0.3, 0.4) is 0 Å². The number of nitrogens with zero attached hydrogens (tertiary/aromatic N) is 3. The van der Waals surface area contributed by atoms with Gasteiger partial charge in [-0.1, -0.05) is 30.3 Å². The zero-order valence-corrected chi connectivity index (χ0v) is 15.8. The molecule has 27 heavy (non-hydrogen) atoms. The van der Waals surface area contributed by atoms with Gasteiger partial charge in [-0.2, -0.15) is 0 Å². The van der Waals surface area contributed by atoms with Crippen molar-refractivity contribution in [2.45, 2.75) is 6.92 Å². The Balaban J connectivity index is 1.47. The van der Waals surface area contributed by atoms with Crippen molar-refractivity contribution in [2.75, 3.05) is 36.5 Å². The van der Waals surface area contributed by atoms with E-state index in [1.165, 1.54) is 11.3 Å².